The minimum atomic E-state index is 1.02. The molecule has 0 amide bonds. The molecule has 0 bridgehead atoms. The van der Waals surface area contributed by atoms with Crippen LogP contribution in [0.3, 0.4) is 0 Å². The van der Waals surface area contributed by atoms with E-state index >= 15 is 0 Å². The van der Waals surface area contributed by atoms with Gasteiger partial charge in [0.2, 0.25) is 0 Å². The quantitative estimate of drug-likeness (QED) is 0.0649. The molecular formula is C78H75N. The zero-order chi connectivity index (χ0) is 53.5. The Labute approximate surface area is 469 Å². The second kappa shape index (κ2) is 23.9. The van der Waals surface area contributed by atoms with Gasteiger partial charge in [0, 0.05) is 48.0 Å². The predicted molar refractivity (Wildman–Crippen MR) is 340 cm³/mol. The molecule has 0 spiro atoms. The highest BCUT2D eigenvalue weighted by Crippen LogP contribution is 2.52. The number of unbranched alkanes of at least 4 members (excludes halogenated alkanes) is 9. The van der Waals surface area contributed by atoms with Crippen LogP contribution in [0, 0.1) is 0 Å². The van der Waals surface area contributed by atoms with Crippen LogP contribution < -0.4 is 20.6 Å². The molecule has 9 aromatic carbocycles. The van der Waals surface area contributed by atoms with Gasteiger partial charge in [0.15, 0.2) is 0 Å². The Bertz CT molecular complexity index is 3380. The van der Waals surface area contributed by atoms with Gasteiger partial charge in [-0.05, 0) is 142 Å². The first kappa shape index (κ1) is 51.7. The molecule has 1 heteroatoms. The Hall–Kier alpha value is -8.00. The van der Waals surface area contributed by atoms with Crippen LogP contribution in [0.2, 0.25) is 0 Å². The lowest BCUT2D eigenvalue weighted by molar-refractivity contribution is 0.667. The van der Waals surface area contributed by atoms with E-state index in [-0.39, 0.29) is 0 Å². The van der Waals surface area contributed by atoms with Crippen molar-refractivity contribution in [1.82, 2.24) is 0 Å². The number of rotatable bonds is 21. The second-order valence-corrected chi connectivity index (χ2v) is 22.3. The van der Waals surface area contributed by atoms with E-state index in [1.807, 2.05) is 0 Å². The highest BCUT2D eigenvalue weighted by atomic mass is 15.2. The molecule has 0 atom stereocenters. The molecule has 3 aliphatic rings. The maximum atomic E-state index is 2.80. The van der Waals surface area contributed by atoms with Gasteiger partial charge in [0.05, 0.1) is 17.1 Å². The van der Waals surface area contributed by atoms with Crippen LogP contribution in [0.1, 0.15) is 148 Å². The van der Waals surface area contributed by atoms with E-state index in [1.54, 1.807) is 0 Å². The minimum absolute atomic E-state index is 1.02. The fraction of sp³-hybridized carbons (Fsp3) is 0.231. The number of aryl methyl sites for hydroxylation is 3. The minimum Gasteiger partial charge on any atom is -0.307 e. The average Bonchev–Trinajstić information content (AvgIpc) is 3.62. The van der Waals surface area contributed by atoms with Crippen LogP contribution >= 0.6 is 0 Å². The zero-order valence-electron chi connectivity index (χ0n) is 46.8. The van der Waals surface area contributed by atoms with Crippen molar-refractivity contribution < 1.29 is 0 Å². The van der Waals surface area contributed by atoms with Crippen LogP contribution in [0.15, 0.2) is 218 Å². The SMILES string of the molecule is CCCCCCc1cc2c3c(c1)c(=C(c1ccccc1)c1ccccc1)c1cc(CCCCCC)cc4c1N3c1c(cc(CCCCCC)cc1c4=C(c1ccccc1)c1ccccc1)c2=C(c1ccccc1)c1ccccc1. The lowest BCUT2D eigenvalue weighted by atomic mass is 9.80. The van der Waals surface area contributed by atoms with E-state index in [2.05, 4.69) is 244 Å². The Balaban J connectivity index is 1.45. The van der Waals surface area contributed by atoms with Gasteiger partial charge in [-0.2, -0.15) is 0 Å². The molecule has 0 N–H and O–H groups in total. The van der Waals surface area contributed by atoms with Gasteiger partial charge in [-0.1, -0.05) is 261 Å². The van der Waals surface area contributed by atoms with E-state index in [0.29, 0.717) is 0 Å². The predicted octanol–water partition coefficient (Wildman–Crippen LogP) is 19.2. The highest BCUT2D eigenvalue weighted by Gasteiger charge is 2.35. The van der Waals surface area contributed by atoms with Crippen molar-refractivity contribution in [2.45, 2.75) is 117 Å². The fourth-order valence-electron chi connectivity index (χ4n) is 13.2. The second-order valence-electron chi connectivity index (χ2n) is 22.3. The number of hydrogen-bond donors (Lipinski definition) is 0. The summed E-state index contributed by atoms with van der Waals surface area (Å²) in [6.45, 7) is 6.99. The molecule has 79 heavy (non-hydrogen) atoms. The summed E-state index contributed by atoms with van der Waals surface area (Å²) < 4.78 is 0. The summed E-state index contributed by atoms with van der Waals surface area (Å²) in [5, 5.41) is 11.9. The summed E-state index contributed by atoms with van der Waals surface area (Å²) in [5.41, 5.74) is 19.4. The molecule has 3 heterocycles. The van der Waals surface area contributed by atoms with E-state index in [1.165, 1.54) is 190 Å². The molecule has 1 nitrogen and oxygen atoms in total. The number of nitrogens with zero attached hydrogens (tertiary/aromatic N) is 1. The van der Waals surface area contributed by atoms with E-state index in [4.69, 9.17) is 0 Å². The molecule has 0 unspecified atom stereocenters. The molecule has 0 saturated heterocycles. The fourth-order valence-corrected chi connectivity index (χ4v) is 13.2. The summed E-state index contributed by atoms with van der Waals surface area (Å²) in [4.78, 5) is 2.80. The largest absolute Gasteiger partial charge is 0.307 e. The molecule has 392 valence electrons. The van der Waals surface area contributed by atoms with E-state index in [0.717, 1.165) is 38.5 Å². The first-order chi connectivity index (χ1) is 39.1. The van der Waals surface area contributed by atoms with Gasteiger partial charge >= 0.3 is 0 Å². The van der Waals surface area contributed by atoms with Gasteiger partial charge in [0.1, 0.15) is 0 Å². The van der Waals surface area contributed by atoms with Gasteiger partial charge in [-0.15, -0.1) is 0 Å². The van der Waals surface area contributed by atoms with E-state index < -0.39 is 0 Å². The molecule has 0 saturated carbocycles. The summed E-state index contributed by atoms with van der Waals surface area (Å²) in [7, 11) is 0. The van der Waals surface area contributed by atoms with Gasteiger partial charge in [0.25, 0.3) is 0 Å². The first-order valence-electron chi connectivity index (χ1n) is 30.0. The molecule has 12 rings (SSSR count). The standard InChI is InChI=1S/C78H75N/c1-4-7-10-19-34-55-49-64-73(70(58-37-22-13-23-38-58)59-39-24-14-25-40-59)66-51-56(35-20-11-8-5-2)53-68-75(72(62-45-30-17-31-46-62)63-47-32-18-33-48-63)69-54-57(36-21-12-9-6-3)52-67-74(65(50-55)76(64)79(77(66)68)78(67)69)71(60-41-26-15-27-42-60)61-43-28-16-29-44-61/h13-18,22-33,37-54H,4-12,19-21,34-36H2,1-3H3. The normalized spacial score (nSPS) is 12.0. The molecule has 0 aromatic heterocycles. The average molecular weight is 1030 g/mol. The molecule has 9 aromatic rings. The van der Waals surface area contributed by atoms with Gasteiger partial charge in [-0.25, -0.2) is 0 Å². The van der Waals surface area contributed by atoms with Crippen molar-refractivity contribution in [3.05, 3.63) is 284 Å². The Kier molecular flexibility index (Phi) is 15.7. The smallest absolute Gasteiger partial charge is 0.0620 e. The first-order valence-corrected chi connectivity index (χ1v) is 30.0. The summed E-state index contributed by atoms with van der Waals surface area (Å²) in [6.07, 6.45) is 17.6. The zero-order valence-corrected chi connectivity index (χ0v) is 46.8. The van der Waals surface area contributed by atoms with Crippen LogP contribution in [-0.4, -0.2) is 0 Å². The maximum Gasteiger partial charge on any atom is 0.0620 e. The number of hydrogen-bond acceptors (Lipinski definition) is 1. The lowest BCUT2D eigenvalue weighted by Crippen LogP contribution is -2.33. The van der Waals surface area contributed by atoms with E-state index in [9.17, 15) is 0 Å². The van der Waals surface area contributed by atoms with Crippen LogP contribution in [0.5, 0.6) is 0 Å². The van der Waals surface area contributed by atoms with Crippen molar-refractivity contribution in [2.24, 2.45) is 0 Å². The topological polar surface area (TPSA) is 3.24 Å². The molecular weight excluding hydrogens is 951 g/mol. The van der Waals surface area contributed by atoms with Crippen LogP contribution in [0.4, 0.5) is 17.1 Å². The van der Waals surface area contributed by atoms with Crippen LogP contribution in [0.25, 0.3) is 49.0 Å². The summed E-state index contributed by atoms with van der Waals surface area (Å²) >= 11 is 0. The maximum absolute atomic E-state index is 2.80. The molecule has 0 fully saturated rings. The van der Waals surface area contributed by atoms with Crippen molar-refractivity contribution in [2.75, 3.05) is 4.90 Å². The van der Waals surface area contributed by atoms with Gasteiger partial charge < -0.3 is 4.90 Å². The molecule has 3 aliphatic heterocycles. The summed E-state index contributed by atoms with van der Waals surface area (Å²) in [6, 6.07) is 83.8. The van der Waals surface area contributed by atoms with Crippen molar-refractivity contribution in [3.8, 4) is 0 Å². The monoisotopic (exact) mass is 1030 g/mol. The Morgan fingerprint density at radius 1 is 0.253 bits per heavy atom. The third kappa shape index (κ3) is 10.2. The van der Waals surface area contributed by atoms with Crippen LogP contribution in [-0.2, 0) is 19.3 Å². The lowest BCUT2D eigenvalue weighted by Gasteiger charge is -2.39. The van der Waals surface area contributed by atoms with Crippen molar-refractivity contribution >= 4 is 66.1 Å². The van der Waals surface area contributed by atoms with Crippen molar-refractivity contribution in [1.29, 1.82) is 0 Å². The summed E-state index contributed by atoms with van der Waals surface area (Å²) in [5.74, 6) is 0. The Morgan fingerprint density at radius 2 is 0.456 bits per heavy atom. The van der Waals surface area contributed by atoms with Crippen molar-refractivity contribution in [3.63, 3.8) is 0 Å². The third-order valence-electron chi connectivity index (χ3n) is 16.9. The number of anilines is 3. The highest BCUT2D eigenvalue weighted by molar-refractivity contribution is 6.23. The van der Waals surface area contributed by atoms with Gasteiger partial charge in [-0.3, -0.25) is 0 Å². The third-order valence-corrected chi connectivity index (χ3v) is 16.9. The molecule has 0 aliphatic carbocycles. The number of benzene rings is 9. The molecule has 0 radical (unpaired) electrons. The Morgan fingerprint density at radius 3 is 0.646 bits per heavy atom.